The van der Waals surface area contributed by atoms with Gasteiger partial charge < -0.3 is 10.2 Å². The van der Waals surface area contributed by atoms with Crippen molar-refractivity contribution < 1.29 is 4.39 Å². The molecule has 1 aliphatic rings. The van der Waals surface area contributed by atoms with Crippen LogP contribution >= 0.6 is 22.7 Å². The standard InChI is InChI=1S/C22H22FN7S2/c1-3-16-20(30-22(26-16)32-19(28-30)14-8-10-25-11-9-14)29(2)21-27-18(17(12-24)31-21)13-4-6-15(23)7-5-13/h4-7,14,25H,3,8-11H2,1-2H3. The number of benzene rings is 1. The second-order valence-electron chi connectivity index (χ2n) is 7.75. The quantitative estimate of drug-likeness (QED) is 0.457. The number of hydrogen-bond donors (Lipinski definition) is 1. The molecule has 4 aromatic rings. The SMILES string of the molecule is CCc1nc2sc(C3CCNCC3)nn2c1N(C)c1nc(-c2ccc(F)cc2)c(C#N)s1. The molecule has 32 heavy (non-hydrogen) atoms. The van der Waals surface area contributed by atoms with Gasteiger partial charge in [-0.1, -0.05) is 29.6 Å². The first-order valence-corrected chi connectivity index (χ1v) is 12.2. The first kappa shape index (κ1) is 21.0. The molecule has 3 aromatic heterocycles. The van der Waals surface area contributed by atoms with Crippen LogP contribution in [0.25, 0.3) is 16.2 Å². The minimum absolute atomic E-state index is 0.317. The van der Waals surface area contributed by atoms with E-state index in [1.54, 1.807) is 23.5 Å². The van der Waals surface area contributed by atoms with Crippen molar-refractivity contribution in [2.24, 2.45) is 0 Å². The van der Waals surface area contributed by atoms with Crippen molar-refractivity contribution in [2.45, 2.75) is 32.1 Å². The molecule has 1 fully saturated rings. The predicted molar refractivity (Wildman–Crippen MR) is 125 cm³/mol. The third-order valence-corrected chi connectivity index (χ3v) is 7.84. The summed E-state index contributed by atoms with van der Waals surface area (Å²) < 4.78 is 15.3. The Kier molecular flexibility index (Phi) is 5.63. The fourth-order valence-corrected chi connectivity index (χ4v) is 5.95. The van der Waals surface area contributed by atoms with Crippen LogP contribution in [0.5, 0.6) is 0 Å². The van der Waals surface area contributed by atoms with Crippen molar-refractivity contribution in [1.29, 1.82) is 5.26 Å². The van der Waals surface area contributed by atoms with Crippen LogP contribution < -0.4 is 10.2 Å². The second-order valence-corrected chi connectivity index (χ2v) is 9.71. The minimum Gasteiger partial charge on any atom is -0.317 e. The van der Waals surface area contributed by atoms with E-state index in [1.165, 1.54) is 23.5 Å². The molecule has 4 heterocycles. The van der Waals surface area contributed by atoms with Gasteiger partial charge in [-0.2, -0.15) is 14.9 Å². The molecule has 5 rings (SSSR count). The van der Waals surface area contributed by atoms with Crippen LogP contribution in [-0.2, 0) is 6.42 Å². The number of nitrogens with zero attached hydrogens (tertiary/aromatic N) is 6. The number of anilines is 2. The summed E-state index contributed by atoms with van der Waals surface area (Å²) in [6.45, 7) is 4.10. The van der Waals surface area contributed by atoms with Gasteiger partial charge in [-0.3, -0.25) is 0 Å². The van der Waals surface area contributed by atoms with Gasteiger partial charge in [-0.25, -0.2) is 14.4 Å². The lowest BCUT2D eigenvalue weighted by Gasteiger charge is -2.20. The zero-order valence-corrected chi connectivity index (χ0v) is 19.4. The van der Waals surface area contributed by atoms with Crippen LogP contribution in [0.4, 0.5) is 15.3 Å². The van der Waals surface area contributed by atoms with E-state index >= 15 is 0 Å². The summed E-state index contributed by atoms with van der Waals surface area (Å²) in [7, 11) is 1.93. The molecule has 0 amide bonds. The molecule has 1 aliphatic heterocycles. The van der Waals surface area contributed by atoms with E-state index in [2.05, 4.69) is 18.3 Å². The topological polar surface area (TPSA) is 82.1 Å². The molecular weight excluding hydrogens is 445 g/mol. The highest BCUT2D eigenvalue weighted by atomic mass is 32.1. The summed E-state index contributed by atoms with van der Waals surface area (Å²) in [6, 6.07) is 8.29. The first-order chi connectivity index (χ1) is 15.6. The summed E-state index contributed by atoms with van der Waals surface area (Å²) in [6.07, 6.45) is 2.93. The molecule has 0 atom stereocenters. The minimum atomic E-state index is -0.317. The van der Waals surface area contributed by atoms with Crippen LogP contribution in [0.3, 0.4) is 0 Å². The molecule has 0 radical (unpaired) electrons. The van der Waals surface area contributed by atoms with Gasteiger partial charge in [0.2, 0.25) is 4.96 Å². The van der Waals surface area contributed by atoms with Gasteiger partial charge in [0.1, 0.15) is 27.5 Å². The Morgan fingerprint density at radius 3 is 2.66 bits per heavy atom. The molecule has 0 bridgehead atoms. The maximum Gasteiger partial charge on any atom is 0.214 e. The highest BCUT2D eigenvalue weighted by Crippen LogP contribution is 2.38. The summed E-state index contributed by atoms with van der Waals surface area (Å²) >= 11 is 2.97. The van der Waals surface area contributed by atoms with Crippen molar-refractivity contribution in [3.63, 3.8) is 0 Å². The fraction of sp³-hybridized carbons (Fsp3) is 0.364. The zero-order valence-electron chi connectivity index (χ0n) is 17.8. The molecule has 10 heteroatoms. The summed E-state index contributed by atoms with van der Waals surface area (Å²) in [5, 5.41) is 19.8. The van der Waals surface area contributed by atoms with Crippen molar-refractivity contribution in [3.8, 4) is 17.3 Å². The lowest BCUT2D eigenvalue weighted by Crippen LogP contribution is -2.26. The number of fused-ring (bicyclic) bond motifs is 1. The average molecular weight is 468 g/mol. The number of hydrogen-bond acceptors (Lipinski definition) is 8. The van der Waals surface area contributed by atoms with Gasteiger partial charge in [0.25, 0.3) is 0 Å². The molecule has 0 spiro atoms. The smallest absolute Gasteiger partial charge is 0.214 e. The van der Waals surface area contributed by atoms with E-state index in [0.29, 0.717) is 21.6 Å². The number of rotatable bonds is 5. The molecular formula is C22H22FN7S2. The molecule has 1 saturated heterocycles. The Balaban J connectivity index is 1.55. The number of thiazole rings is 1. The number of halogens is 1. The normalized spacial score (nSPS) is 14.7. The summed E-state index contributed by atoms with van der Waals surface area (Å²) in [5.41, 5.74) is 2.22. The van der Waals surface area contributed by atoms with Crippen molar-refractivity contribution in [1.82, 2.24) is 24.9 Å². The Hall–Kier alpha value is -2.87. The Morgan fingerprint density at radius 1 is 1.22 bits per heavy atom. The van der Waals surface area contributed by atoms with E-state index in [4.69, 9.17) is 15.1 Å². The fourth-order valence-electron chi connectivity index (χ4n) is 4.02. The van der Waals surface area contributed by atoms with Gasteiger partial charge in [-0.15, -0.1) is 0 Å². The summed E-state index contributed by atoms with van der Waals surface area (Å²) in [5.74, 6) is 1.02. The molecule has 164 valence electrons. The van der Waals surface area contributed by atoms with Crippen LogP contribution in [0.2, 0.25) is 0 Å². The van der Waals surface area contributed by atoms with Crippen molar-refractivity contribution in [3.05, 3.63) is 45.7 Å². The van der Waals surface area contributed by atoms with Gasteiger partial charge in [0.15, 0.2) is 10.9 Å². The van der Waals surface area contributed by atoms with Gasteiger partial charge in [0.05, 0.1) is 5.69 Å². The third-order valence-electron chi connectivity index (χ3n) is 5.73. The summed E-state index contributed by atoms with van der Waals surface area (Å²) in [4.78, 5) is 12.9. The highest BCUT2D eigenvalue weighted by Gasteiger charge is 2.26. The number of piperidine rings is 1. The Labute approximate surface area is 193 Å². The average Bonchev–Trinajstić information content (AvgIpc) is 3.52. The predicted octanol–water partition coefficient (Wildman–Crippen LogP) is 4.72. The number of aromatic nitrogens is 4. The maximum absolute atomic E-state index is 13.4. The monoisotopic (exact) mass is 467 g/mol. The van der Waals surface area contributed by atoms with Crippen molar-refractivity contribution in [2.75, 3.05) is 25.0 Å². The van der Waals surface area contributed by atoms with E-state index in [1.807, 2.05) is 16.5 Å². The highest BCUT2D eigenvalue weighted by molar-refractivity contribution is 7.17. The second kappa shape index (κ2) is 8.58. The molecule has 0 saturated carbocycles. The zero-order chi connectivity index (χ0) is 22.2. The van der Waals surface area contributed by atoms with Crippen LogP contribution in [0.15, 0.2) is 24.3 Å². The van der Waals surface area contributed by atoms with Crippen LogP contribution in [0.1, 0.15) is 41.3 Å². The van der Waals surface area contributed by atoms with E-state index in [9.17, 15) is 9.65 Å². The Bertz CT molecular complexity index is 1290. The van der Waals surface area contributed by atoms with Crippen LogP contribution in [0, 0.1) is 17.1 Å². The Morgan fingerprint density at radius 2 is 1.97 bits per heavy atom. The largest absolute Gasteiger partial charge is 0.317 e. The third kappa shape index (κ3) is 3.66. The lowest BCUT2D eigenvalue weighted by atomic mass is 9.99. The molecule has 1 N–H and O–H groups in total. The van der Waals surface area contributed by atoms with Gasteiger partial charge in [-0.05, 0) is 56.6 Å². The van der Waals surface area contributed by atoms with E-state index in [0.717, 1.165) is 59.4 Å². The molecule has 0 unspecified atom stereocenters. The molecule has 1 aromatic carbocycles. The van der Waals surface area contributed by atoms with Crippen LogP contribution in [-0.4, -0.2) is 39.7 Å². The van der Waals surface area contributed by atoms with E-state index in [-0.39, 0.29) is 5.82 Å². The maximum atomic E-state index is 13.4. The number of imidazole rings is 1. The van der Waals surface area contributed by atoms with E-state index < -0.39 is 0 Å². The number of nitriles is 1. The number of nitrogens with one attached hydrogen (secondary N) is 1. The van der Waals surface area contributed by atoms with Crippen molar-refractivity contribution >= 4 is 38.6 Å². The molecule has 7 nitrogen and oxygen atoms in total. The van der Waals surface area contributed by atoms with Gasteiger partial charge in [0, 0.05) is 18.5 Å². The van der Waals surface area contributed by atoms with Gasteiger partial charge >= 0.3 is 0 Å². The first-order valence-electron chi connectivity index (χ1n) is 10.6. The number of aryl methyl sites for hydroxylation is 1. The molecule has 0 aliphatic carbocycles. The lowest BCUT2D eigenvalue weighted by molar-refractivity contribution is 0.456.